The zero-order chi connectivity index (χ0) is 14.4. The summed E-state index contributed by atoms with van der Waals surface area (Å²) in [4.78, 5) is 11.9. The lowest BCUT2D eigenvalue weighted by atomic mass is 10.2. The summed E-state index contributed by atoms with van der Waals surface area (Å²) in [6.07, 6.45) is -0.730. The summed E-state index contributed by atoms with van der Waals surface area (Å²) in [6.45, 7) is 0.0787. The fourth-order valence-corrected chi connectivity index (χ4v) is 1.71. The molecule has 19 heavy (non-hydrogen) atoms. The average Bonchev–Trinajstić information content (AvgIpc) is 2.41. The van der Waals surface area contributed by atoms with Crippen molar-refractivity contribution in [2.24, 2.45) is 5.73 Å². The lowest BCUT2D eigenvalue weighted by molar-refractivity contribution is -0.125. The highest BCUT2D eigenvalue weighted by molar-refractivity contribution is 6.32. The minimum Gasteiger partial charge on any atom is -0.495 e. The Morgan fingerprint density at radius 3 is 2.42 bits per heavy atom. The van der Waals surface area contributed by atoms with E-state index in [9.17, 15) is 4.79 Å². The van der Waals surface area contributed by atoms with Gasteiger partial charge in [-0.1, -0.05) is 11.6 Å². The first-order valence-corrected chi connectivity index (χ1v) is 5.90. The molecular formula is C12H17ClN2O4. The highest BCUT2D eigenvalue weighted by Crippen LogP contribution is 2.35. The maximum Gasteiger partial charge on any atom is 0.254 e. The van der Waals surface area contributed by atoms with Crippen molar-refractivity contribution in [3.63, 3.8) is 0 Å². The Morgan fingerprint density at radius 1 is 1.32 bits per heavy atom. The molecule has 1 aromatic carbocycles. The van der Waals surface area contributed by atoms with E-state index in [2.05, 4.69) is 5.32 Å². The third-order valence-electron chi connectivity index (χ3n) is 2.52. The number of nitrogens with two attached hydrogens (primary N) is 1. The predicted molar refractivity (Wildman–Crippen MR) is 73.0 cm³/mol. The topological polar surface area (TPSA) is 82.8 Å². The number of nitrogens with one attached hydrogen (secondary N) is 1. The number of methoxy groups -OCH3 is 3. The van der Waals surface area contributed by atoms with Crippen LogP contribution in [0.25, 0.3) is 0 Å². The smallest absolute Gasteiger partial charge is 0.254 e. The number of rotatable bonds is 6. The van der Waals surface area contributed by atoms with Crippen LogP contribution in [-0.2, 0) is 9.53 Å². The van der Waals surface area contributed by atoms with Crippen molar-refractivity contribution in [1.29, 1.82) is 0 Å². The molecule has 0 spiro atoms. The number of ether oxygens (including phenoxy) is 3. The van der Waals surface area contributed by atoms with Crippen LogP contribution in [0.15, 0.2) is 12.1 Å². The van der Waals surface area contributed by atoms with E-state index in [1.165, 1.54) is 21.3 Å². The van der Waals surface area contributed by atoms with E-state index in [0.29, 0.717) is 22.2 Å². The predicted octanol–water partition coefficient (Wildman–Crippen LogP) is 1.27. The van der Waals surface area contributed by atoms with Crippen LogP contribution in [0.4, 0.5) is 5.69 Å². The Balaban J connectivity index is 3.02. The lowest BCUT2D eigenvalue weighted by Gasteiger charge is -2.16. The van der Waals surface area contributed by atoms with Crippen LogP contribution in [0, 0.1) is 0 Å². The Labute approximate surface area is 116 Å². The van der Waals surface area contributed by atoms with Gasteiger partial charge in [-0.25, -0.2) is 0 Å². The number of carbonyl (C=O) groups excluding carboxylic acids is 1. The van der Waals surface area contributed by atoms with Crippen LogP contribution >= 0.6 is 11.6 Å². The number of hydrogen-bond donors (Lipinski definition) is 2. The zero-order valence-corrected chi connectivity index (χ0v) is 11.8. The van der Waals surface area contributed by atoms with Crippen molar-refractivity contribution in [2.45, 2.75) is 6.10 Å². The maximum atomic E-state index is 11.9. The Bertz CT molecular complexity index is 450. The number of carbonyl (C=O) groups is 1. The number of halogens is 1. The summed E-state index contributed by atoms with van der Waals surface area (Å²) in [5, 5.41) is 3.05. The van der Waals surface area contributed by atoms with Crippen molar-refractivity contribution in [3.8, 4) is 11.5 Å². The van der Waals surface area contributed by atoms with Gasteiger partial charge < -0.3 is 25.3 Å². The van der Waals surface area contributed by atoms with Crippen LogP contribution in [-0.4, -0.2) is 39.9 Å². The van der Waals surface area contributed by atoms with Crippen molar-refractivity contribution in [3.05, 3.63) is 17.2 Å². The molecule has 0 radical (unpaired) electrons. The molecule has 1 amide bonds. The second kappa shape index (κ2) is 7.18. The molecule has 0 bridgehead atoms. The van der Waals surface area contributed by atoms with Gasteiger partial charge in [-0.15, -0.1) is 0 Å². The number of anilines is 1. The summed E-state index contributed by atoms with van der Waals surface area (Å²) < 4.78 is 15.2. The molecular weight excluding hydrogens is 272 g/mol. The van der Waals surface area contributed by atoms with E-state index in [0.717, 1.165) is 0 Å². The summed E-state index contributed by atoms with van der Waals surface area (Å²) >= 11 is 5.97. The molecule has 0 aliphatic carbocycles. The van der Waals surface area contributed by atoms with Crippen molar-refractivity contribution >= 4 is 23.2 Å². The van der Waals surface area contributed by atoms with Gasteiger partial charge in [-0.05, 0) is 0 Å². The molecule has 1 aromatic rings. The Kier molecular flexibility index (Phi) is 5.88. The zero-order valence-electron chi connectivity index (χ0n) is 11.0. The summed E-state index contributed by atoms with van der Waals surface area (Å²) in [6, 6.07) is 3.13. The Morgan fingerprint density at radius 2 is 1.95 bits per heavy atom. The summed E-state index contributed by atoms with van der Waals surface area (Å²) in [7, 11) is 4.37. The summed E-state index contributed by atoms with van der Waals surface area (Å²) in [5.41, 5.74) is 5.86. The van der Waals surface area contributed by atoms with Crippen LogP contribution in [0.3, 0.4) is 0 Å². The van der Waals surface area contributed by atoms with Gasteiger partial charge in [-0.3, -0.25) is 4.79 Å². The summed E-state index contributed by atoms with van der Waals surface area (Å²) in [5.74, 6) is 0.484. The molecule has 6 nitrogen and oxygen atoms in total. The highest BCUT2D eigenvalue weighted by Gasteiger charge is 2.18. The molecule has 0 saturated heterocycles. The van der Waals surface area contributed by atoms with Gasteiger partial charge in [0.1, 0.15) is 17.6 Å². The van der Waals surface area contributed by atoms with E-state index in [1.54, 1.807) is 12.1 Å². The van der Waals surface area contributed by atoms with E-state index in [-0.39, 0.29) is 12.5 Å². The van der Waals surface area contributed by atoms with Gasteiger partial charge in [0.25, 0.3) is 5.91 Å². The first-order valence-electron chi connectivity index (χ1n) is 5.52. The molecule has 0 aliphatic rings. The van der Waals surface area contributed by atoms with Crippen molar-refractivity contribution < 1.29 is 19.0 Å². The normalized spacial score (nSPS) is 11.8. The van der Waals surface area contributed by atoms with Crippen LogP contribution in [0.2, 0.25) is 5.02 Å². The molecule has 3 N–H and O–H groups in total. The van der Waals surface area contributed by atoms with Crippen LogP contribution in [0.1, 0.15) is 0 Å². The van der Waals surface area contributed by atoms with Crippen molar-refractivity contribution in [1.82, 2.24) is 0 Å². The molecule has 1 unspecified atom stereocenters. The molecule has 0 aliphatic heterocycles. The second-order valence-electron chi connectivity index (χ2n) is 3.64. The SMILES string of the molecule is COc1cc(NC(=O)C(CN)OC)c(OC)cc1Cl. The van der Waals surface area contributed by atoms with Crippen LogP contribution < -0.4 is 20.5 Å². The largest absolute Gasteiger partial charge is 0.495 e. The van der Waals surface area contributed by atoms with E-state index in [1.807, 2.05) is 0 Å². The third-order valence-corrected chi connectivity index (χ3v) is 2.82. The highest BCUT2D eigenvalue weighted by atomic mass is 35.5. The van der Waals surface area contributed by atoms with E-state index in [4.69, 9.17) is 31.5 Å². The molecule has 0 heterocycles. The molecule has 1 atom stereocenters. The Hall–Kier alpha value is -1.50. The molecule has 0 saturated carbocycles. The molecule has 0 fully saturated rings. The van der Waals surface area contributed by atoms with Gasteiger partial charge in [0.05, 0.1) is 24.9 Å². The quantitative estimate of drug-likeness (QED) is 0.824. The monoisotopic (exact) mass is 288 g/mol. The number of amides is 1. The van der Waals surface area contributed by atoms with Gasteiger partial charge in [0.15, 0.2) is 0 Å². The van der Waals surface area contributed by atoms with Gasteiger partial charge in [-0.2, -0.15) is 0 Å². The molecule has 106 valence electrons. The minimum atomic E-state index is -0.730. The first-order chi connectivity index (χ1) is 9.07. The maximum absolute atomic E-state index is 11.9. The number of benzene rings is 1. The van der Waals surface area contributed by atoms with Crippen molar-refractivity contribution in [2.75, 3.05) is 33.2 Å². The third kappa shape index (κ3) is 3.73. The van der Waals surface area contributed by atoms with Crippen LogP contribution in [0.5, 0.6) is 11.5 Å². The van der Waals surface area contributed by atoms with E-state index < -0.39 is 6.10 Å². The first kappa shape index (κ1) is 15.6. The van der Waals surface area contributed by atoms with Gasteiger partial charge in [0.2, 0.25) is 0 Å². The fourth-order valence-electron chi connectivity index (χ4n) is 1.48. The molecule has 0 aromatic heterocycles. The van der Waals surface area contributed by atoms with E-state index >= 15 is 0 Å². The molecule has 1 rings (SSSR count). The standard InChI is InChI=1S/C12H17ClN2O4/c1-17-9-5-8(10(18-2)4-7(9)13)15-12(16)11(6-14)19-3/h4-5,11H,6,14H2,1-3H3,(H,15,16). The fraction of sp³-hybridized carbons (Fsp3) is 0.417. The second-order valence-corrected chi connectivity index (χ2v) is 4.04. The van der Waals surface area contributed by atoms with Gasteiger partial charge >= 0.3 is 0 Å². The minimum absolute atomic E-state index is 0.0787. The lowest BCUT2D eigenvalue weighted by Crippen LogP contribution is -2.36. The average molecular weight is 289 g/mol. The number of hydrogen-bond acceptors (Lipinski definition) is 5. The molecule has 7 heteroatoms. The van der Waals surface area contributed by atoms with Gasteiger partial charge in [0, 0.05) is 25.8 Å².